The van der Waals surface area contributed by atoms with Crippen LogP contribution in [0.1, 0.15) is 45.6 Å². The van der Waals surface area contributed by atoms with Gasteiger partial charge in [-0.15, -0.1) is 0 Å². The van der Waals surface area contributed by atoms with Crippen molar-refractivity contribution in [3.05, 3.63) is 34.9 Å². The molecule has 1 aromatic rings. The second-order valence-corrected chi connectivity index (χ2v) is 5.05. The van der Waals surface area contributed by atoms with Gasteiger partial charge in [-0.1, -0.05) is 56.5 Å². The molecule has 0 amide bonds. The van der Waals surface area contributed by atoms with Crippen LogP contribution in [-0.4, -0.2) is 5.11 Å². The summed E-state index contributed by atoms with van der Waals surface area (Å²) in [7, 11) is 0. The topological polar surface area (TPSA) is 20.2 Å². The molecule has 0 aliphatic carbocycles. The summed E-state index contributed by atoms with van der Waals surface area (Å²) in [6.07, 6.45) is 2.96. The molecule has 1 nitrogen and oxygen atoms in total. The molecule has 0 fully saturated rings. The average molecular weight is 241 g/mol. The van der Waals surface area contributed by atoms with Gasteiger partial charge < -0.3 is 5.11 Å². The molecule has 90 valence electrons. The molecule has 2 heteroatoms. The second-order valence-electron chi connectivity index (χ2n) is 4.64. The second kappa shape index (κ2) is 5.70. The summed E-state index contributed by atoms with van der Waals surface area (Å²) in [5, 5.41) is 11.2. The zero-order valence-electron chi connectivity index (χ0n) is 10.3. The van der Waals surface area contributed by atoms with Crippen molar-refractivity contribution in [3.63, 3.8) is 0 Å². The molecule has 0 heterocycles. The third-order valence-electron chi connectivity index (χ3n) is 3.29. The van der Waals surface area contributed by atoms with Gasteiger partial charge in [-0.05, 0) is 25.3 Å². The van der Waals surface area contributed by atoms with Crippen LogP contribution in [0.5, 0.6) is 0 Å². The van der Waals surface area contributed by atoms with Crippen LogP contribution in [0.15, 0.2) is 24.3 Å². The highest BCUT2D eigenvalue weighted by atomic mass is 35.5. The van der Waals surface area contributed by atoms with Crippen LogP contribution in [0.4, 0.5) is 0 Å². The van der Waals surface area contributed by atoms with Crippen LogP contribution in [0.2, 0.25) is 5.02 Å². The molecule has 0 spiro atoms. The normalized spacial score (nSPS) is 15.1. The lowest BCUT2D eigenvalue weighted by Gasteiger charge is -2.28. The van der Waals surface area contributed by atoms with Gasteiger partial charge in [0, 0.05) is 10.6 Å². The largest absolute Gasteiger partial charge is 0.385 e. The summed E-state index contributed by atoms with van der Waals surface area (Å²) >= 11 is 6.12. The Kier molecular flexibility index (Phi) is 4.82. The van der Waals surface area contributed by atoms with Crippen molar-refractivity contribution in [3.8, 4) is 0 Å². The van der Waals surface area contributed by atoms with Crippen molar-refractivity contribution in [1.82, 2.24) is 0 Å². The van der Waals surface area contributed by atoms with E-state index in [1.165, 1.54) is 0 Å². The van der Waals surface area contributed by atoms with Gasteiger partial charge in [-0.25, -0.2) is 0 Å². The van der Waals surface area contributed by atoms with Gasteiger partial charge in [0.2, 0.25) is 0 Å². The van der Waals surface area contributed by atoms with Crippen LogP contribution < -0.4 is 0 Å². The standard InChI is InChI=1S/C14H21ClO/c1-4-11(5-2)10-14(3,16)12-8-6-7-9-13(12)15/h6-9,11,16H,4-5,10H2,1-3H3. The lowest BCUT2D eigenvalue weighted by molar-refractivity contribution is 0.0287. The summed E-state index contributed by atoms with van der Waals surface area (Å²) < 4.78 is 0. The molecule has 1 aromatic carbocycles. The molecule has 16 heavy (non-hydrogen) atoms. The van der Waals surface area contributed by atoms with Crippen molar-refractivity contribution < 1.29 is 5.11 Å². The number of rotatable bonds is 5. The highest BCUT2D eigenvalue weighted by Crippen LogP contribution is 2.34. The van der Waals surface area contributed by atoms with E-state index in [-0.39, 0.29) is 0 Å². The Morgan fingerprint density at radius 2 is 1.81 bits per heavy atom. The molecule has 0 radical (unpaired) electrons. The first-order valence-electron chi connectivity index (χ1n) is 5.98. The Hall–Kier alpha value is -0.530. The highest BCUT2D eigenvalue weighted by Gasteiger charge is 2.27. The summed E-state index contributed by atoms with van der Waals surface area (Å²) in [4.78, 5) is 0. The molecule has 0 aliphatic heterocycles. The summed E-state index contributed by atoms with van der Waals surface area (Å²) in [6, 6.07) is 7.55. The van der Waals surface area contributed by atoms with Gasteiger partial charge in [0.15, 0.2) is 0 Å². The molecule has 1 rings (SSSR count). The van der Waals surface area contributed by atoms with Crippen LogP contribution >= 0.6 is 11.6 Å². The maximum atomic E-state index is 10.5. The Balaban J connectivity index is 2.89. The van der Waals surface area contributed by atoms with Crippen molar-refractivity contribution in [2.24, 2.45) is 5.92 Å². The molecule has 0 bridgehead atoms. The third kappa shape index (κ3) is 3.23. The van der Waals surface area contributed by atoms with Crippen molar-refractivity contribution in [1.29, 1.82) is 0 Å². The number of aliphatic hydroxyl groups is 1. The third-order valence-corrected chi connectivity index (χ3v) is 3.62. The fourth-order valence-electron chi connectivity index (χ4n) is 2.15. The first-order chi connectivity index (χ1) is 7.51. The number of benzene rings is 1. The Morgan fingerprint density at radius 3 is 2.31 bits per heavy atom. The Morgan fingerprint density at radius 1 is 1.25 bits per heavy atom. The number of hydrogen-bond donors (Lipinski definition) is 1. The van der Waals surface area contributed by atoms with Gasteiger partial charge in [-0.3, -0.25) is 0 Å². The van der Waals surface area contributed by atoms with Crippen LogP contribution in [0, 0.1) is 5.92 Å². The van der Waals surface area contributed by atoms with Crippen molar-refractivity contribution >= 4 is 11.6 Å². The van der Waals surface area contributed by atoms with E-state index in [0.717, 1.165) is 24.8 Å². The van der Waals surface area contributed by atoms with Crippen molar-refractivity contribution in [2.75, 3.05) is 0 Å². The van der Waals surface area contributed by atoms with E-state index in [0.29, 0.717) is 10.9 Å². The first-order valence-corrected chi connectivity index (χ1v) is 6.36. The van der Waals surface area contributed by atoms with Gasteiger partial charge in [0.05, 0.1) is 5.60 Å². The fourth-order valence-corrected chi connectivity index (χ4v) is 2.49. The van der Waals surface area contributed by atoms with Gasteiger partial charge in [0.1, 0.15) is 0 Å². The summed E-state index contributed by atoms with van der Waals surface area (Å²) in [5.41, 5.74) is 0.0123. The van der Waals surface area contributed by atoms with Crippen molar-refractivity contribution in [2.45, 2.75) is 45.6 Å². The summed E-state index contributed by atoms with van der Waals surface area (Å²) in [5.74, 6) is 0.547. The molecule has 0 saturated carbocycles. The minimum Gasteiger partial charge on any atom is -0.385 e. The van der Waals surface area contributed by atoms with Crippen LogP contribution in [0.25, 0.3) is 0 Å². The van der Waals surface area contributed by atoms with Gasteiger partial charge >= 0.3 is 0 Å². The monoisotopic (exact) mass is 240 g/mol. The molecule has 0 saturated heterocycles. The van der Waals surface area contributed by atoms with E-state index < -0.39 is 5.60 Å². The summed E-state index contributed by atoms with van der Waals surface area (Å²) in [6.45, 7) is 6.18. The van der Waals surface area contributed by atoms with Crippen LogP contribution in [-0.2, 0) is 5.60 Å². The van der Waals surface area contributed by atoms with E-state index in [4.69, 9.17) is 11.6 Å². The van der Waals surface area contributed by atoms with E-state index in [2.05, 4.69) is 13.8 Å². The molecule has 1 N–H and O–H groups in total. The van der Waals surface area contributed by atoms with Gasteiger partial charge in [0.25, 0.3) is 0 Å². The predicted molar refractivity (Wildman–Crippen MR) is 69.7 cm³/mol. The van der Waals surface area contributed by atoms with Gasteiger partial charge in [-0.2, -0.15) is 0 Å². The van der Waals surface area contributed by atoms with E-state index >= 15 is 0 Å². The lowest BCUT2D eigenvalue weighted by atomic mass is 9.84. The van der Waals surface area contributed by atoms with E-state index in [1.54, 1.807) is 0 Å². The molecule has 1 unspecified atom stereocenters. The molecule has 0 aromatic heterocycles. The zero-order valence-corrected chi connectivity index (χ0v) is 11.1. The van der Waals surface area contributed by atoms with E-state index in [1.807, 2.05) is 31.2 Å². The average Bonchev–Trinajstić information content (AvgIpc) is 2.26. The first kappa shape index (κ1) is 13.5. The Bertz CT molecular complexity index is 329. The Labute approximate surface area is 103 Å². The maximum Gasteiger partial charge on any atom is 0.0885 e. The van der Waals surface area contributed by atoms with Crippen LogP contribution in [0.3, 0.4) is 0 Å². The highest BCUT2D eigenvalue weighted by molar-refractivity contribution is 6.31. The molecular formula is C14H21ClO. The lowest BCUT2D eigenvalue weighted by Crippen LogP contribution is -2.25. The SMILES string of the molecule is CCC(CC)CC(C)(O)c1ccccc1Cl. The van der Waals surface area contributed by atoms with E-state index in [9.17, 15) is 5.11 Å². The minimum atomic E-state index is -0.824. The maximum absolute atomic E-state index is 10.5. The molecular weight excluding hydrogens is 220 g/mol. The zero-order chi connectivity index (χ0) is 12.2. The number of hydrogen-bond acceptors (Lipinski definition) is 1. The smallest absolute Gasteiger partial charge is 0.0885 e. The molecule has 0 aliphatic rings. The molecule has 1 atom stereocenters. The quantitative estimate of drug-likeness (QED) is 0.810. The predicted octanol–water partition coefficient (Wildman–Crippen LogP) is 4.37. The minimum absolute atomic E-state index is 0.547. The number of halogens is 1. The fraction of sp³-hybridized carbons (Fsp3) is 0.571.